The quantitative estimate of drug-likeness (QED) is 0.558. The molecule has 0 saturated carbocycles. The van der Waals surface area contributed by atoms with E-state index in [2.05, 4.69) is 0 Å². The smallest absolute Gasteiger partial charge is 0.264 e. The highest BCUT2D eigenvalue weighted by Gasteiger charge is 2.03. The van der Waals surface area contributed by atoms with Gasteiger partial charge in [0.2, 0.25) is 0 Å². The van der Waals surface area contributed by atoms with Gasteiger partial charge in [-0.05, 0) is 42.5 Å². The molecule has 0 bridgehead atoms. The van der Waals surface area contributed by atoms with Gasteiger partial charge >= 0.3 is 0 Å². The summed E-state index contributed by atoms with van der Waals surface area (Å²) in [4.78, 5) is 0. The summed E-state index contributed by atoms with van der Waals surface area (Å²) in [5, 5.41) is 0. The monoisotopic (exact) mass is 334 g/mol. The van der Waals surface area contributed by atoms with Gasteiger partial charge in [0.1, 0.15) is 12.4 Å². The molecular weight excluding hydrogens is 312 g/mol. The molecule has 124 valence electrons. The zero-order valence-electron chi connectivity index (χ0n) is 13.0. The Morgan fingerprint density at radius 3 is 2.17 bits per heavy atom. The summed E-state index contributed by atoms with van der Waals surface area (Å²) in [5.41, 5.74) is 2.33. The molecule has 0 saturated heterocycles. The van der Waals surface area contributed by atoms with Crippen molar-refractivity contribution < 1.29 is 17.7 Å². The van der Waals surface area contributed by atoms with Gasteiger partial charge in [-0.25, -0.2) is 0 Å². The zero-order valence-corrected chi connectivity index (χ0v) is 13.8. The predicted molar refractivity (Wildman–Crippen MR) is 91.2 cm³/mol. The van der Waals surface area contributed by atoms with Crippen LogP contribution in [-0.4, -0.2) is 18.7 Å². The lowest BCUT2D eigenvalue weighted by molar-refractivity contribution is 0.306. The molecule has 0 unspecified atom stereocenters. The highest BCUT2D eigenvalue weighted by atomic mass is 32.2. The molecule has 0 aliphatic rings. The number of hydrogen-bond donors (Lipinski definition) is 1. The molecule has 0 aliphatic carbocycles. The Morgan fingerprint density at radius 1 is 0.826 bits per heavy atom. The first-order chi connectivity index (χ1) is 11.0. The molecule has 1 N–H and O–H groups in total. The van der Waals surface area contributed by atoms with E-state index in [0.717, 1.165) is 30.6 Å². The van der Waals surface area contributed by atoms with Crippen molar-refractivity contribution in [1.29, 1.82) is 0 Å². The van der Waals surface area contributed by atoms with Crippen molar-refractivity contribution in [3.8, 4) is 5.75 Å². The largest absolute Gasteiger partial charge is 0.489 e. The number of hydrogen-bond acceptors (Lipinski definition) is 3. The summed E-state index contributed by atoms with van der Waals surface area (Å²) in [6, 6.07) is 18.0. The van der Waals surface area contributed by atoms with Crippen LogP contribution in [0.3, 0.4) is 0 Å². The van der Waals surface area contributed by atoms with Crippen LogP contribution in [0.4, 0.5) is 0 Å². The molecule has 0 fully saturated rings. The third-order valence-electron chi connectivity index (χ3n) is 3.54. The van der Waals surface area contributed by atoms with Crippen molar-refractivity contribution in [1.82, 2.24) is 0 Å². The standard InChI is InChI=1S/C18H22O4S/c19-23(20,21)14-6-2-5-7-16-10-12-18(13-11-16)22-15-17-8-3-1-4-9-17/h1,3-4,8-13H,2,5-7,14-15H2,(H,19,20,21). The predicted octanol–water partition coefficient (Wildman–Crippen LogP) is 3.87. The average molecular weight is 334 g/mol. The zero-order chi connectivity index (χ0) is 16.5. The molecule has 23 heavy (non-hydrogen) atoms. The molecule has 0 radical (unpaired) electrons. The van der Waals surface area contributed by atoms with Crippen LogP contribution >= 0.6 is 0 Å². The maximum absolute atomic E-state index is 10.6. The van der Waals surface area contributed by atoms with E-state index >= 15 is 0 Å². The Morgan fingerprint density at radius 2 is 1.52 bits per heavy atom. The minimum Gasteiger partial charge on any atom is -0.489 e. The number of unbranched alkanes of at least 4 members (excludes halogenated alkanes) is 2. The van der Waals surface area contributed by atoms with Crippen molar-refractivity contribution in [3.05, 3.63) is 65.7 Å². The first-order valence-corrected chi connectivity index (χ1v) is 9.35. The minimum atomic E-state index is -3.82. The minimum absolute atomic E-state index is 0.154. The lowest BCUT2D eigenvalue weighted by Crippen LogP contribution is -2.03. The summed E-state index contributed by atoms with van der Waals surface area (Å²) >= 11 is 0. The average Bonchev–Trinajstić information content (AvgIpc) is 2.54. The third-order valence-corrected chi connectivity index (χ3v) is 4.34. The van der Waals surface area contributed by atoms with E-state index in [1.807, 2.05) is 54.6 Å². The van der Waals surface area contributed by atoms with E-state index < -0.39 is 10.1 Å². The fourth-order valence-corrected chi connectivity index (χ4v) is 2.85. The molecule has 5 heteroatoms. The second-order valence-corrected chi connectivity index (χ2v) is 7.09. The lowest BCUT2D eigenvalue weighted by atomic mass is 10.1. The van der Waals surface area contributed by atoms with Crippen molar-refractivity contribution in [2.45, 2.75) is 32.3 Å². The summed E-state index contributed by atoms with van der Waals surface area (Å²) in [5.74, 6) is 0.684. The molecule has 0 atom stereocenters. The van der Waals surface area contributed by atoms with E-state index in [1.54, 1.807) is 0 Å². The van der Waals surface area contributed by atoms with Crippen LogP contribution < -0.4 is 4.74 Å². The van der Waals surface area contributed by atoms with Gasteiger partial charge in [-0.2, -0.15) is 8.42 Å². The van der Waals surface area contributed by atoms with Gasteiger partial charge in [-0.3, -0.25) is 4.55 Å². The van der Waals surface area contributed by atoms with Crippen LogP contribution in [0.25, 0.3) is 0 Å². The van der Waals surface area contributed by atoms with Crippen LogP contribution in [0.1, 0.15) is 30.4 Å². The van der Waals surface area contributed by atoms with Gasteiger partial charge in [0.25, 0.3) is 10.1 Å². The molecule has 0 aromatic heterocycles. The SMILES string of the molecule is O=S(=O)(O)CCCCCc1ccc(OCc2ccccc2)cc1. The number of benzene rings is 2. The first-order valence-electron chi connectivity index (χ1n) is 7.74. The molecule has 4 nitrogen and oxygen atoms in total. The van der Waals surface area contributed by atoms with Crippen molar-refractivity contribution in [2.75, 3.05) is 5.75 Å². The lowest BCUT2D eigenvalue weighted by Gasteiger charge is -2.07. The van der Waals surface area contributed by atoms with Gasteiger partial charge < -0.3 is 4.74 Å². The van der Waals surface area contributed by atoms with Crippen molar-refractivity contribution in [3.63, 3.8) is 0 Å². The van der Waals surface area contributed by atoms with Crippen molar-refractivity contribution in [2.24, 2.45) is 0 Å². The Hall–Kier alpha value is -1.85. The van der Waals surface area contributed by atoms with E-state index in [1.165, 1.54) is 5.56 Å². The molecule has 0 amide bonds. The molecule has 2 aromatic carbocycles. The normalized spacial score (nSPS) is 11.3. The van der Waals surface area contributed by atoms with Gasteiger partial charge in [0, 0.05) is 0 Å². The van der Waals surface area contributed by atoms with E-state index in [0.29, 0.717) is 13.0 Å². The molecule has 0 spiro atoms. The van der Waals surface area contributed by atoms with Gasteiger partial charge in [-0.15, -0.1) is 0 Å². The Bertz CT molecular complexity index is 679. The van der Waals surface area contributed by atoms with Gasteiger partial charge in [0.05, 0.1) is 5.75 Å². The molecule has 0 aliphatic heterocycles. The summed E-state index contributed by atoms with van der Waals surface area (Å²) in [6.45, 7) is 0.551. The van der Waals surface area contributed by atoms with Gasteiger partial charge in [-0.1, -0.05) is 48.9 Å². The topological polar surface area (TPSA) is 63.6 Å². The number of rotatable bonds is 9. The van der Waals surface area contributed by atoms with Crippen LogP contribution in [0.15, 0.2) is 54.6 Å². The fourth-order valence-electron chi connectivity index (χ4n) is 2.28. The van der Waals surface area contributed by atoms with Crippen LogP contribution in [0.2, 0.25) is 0 Å². The Labute approximate surface area is 137 Å². The molecule has 0 heterocycles. The highest BCUT2D eigenvalue weighted by molar-refractivity contribution is 7.85. The molecule has 2 aromatic rings. The van der Waals surface area contributed by atoms with Crippen LogP contribution in [0.5, 0.6) is 5.75 Å². The maximum Gasteiger partial charge on any atom is 0.264 e. The van der Waals surface area contributed by atoms with Crippen LogP contribution in [0, 0.1) is 0 Å². The number of ether oxygens (including phenoxy) is 1. The third kappa shape index (κ3) is 7.30. The van der Waals surface area contributed by atoms with E-state index in [4.69, 9.17) is 9.29 Å². The maximum atomic E-state index is 10.6. The Balaban J connectivity index is 1.70. The summed E-state index contributed by atoms with van der Waals surface area (Å²) < 4.78 is 35.6. The number of aryl methyl sites for hydroxylation is 1. The fraction of sp³-hybridized carbons (Fsp3) is 0.333. The summed E-state index contributed by atoms with van der Waals surface area (Å²) in [6.07, 6.45) is 3.08. The van der Waals surface area contributed by atoms with E-state index in [9.17, 15) is 8.42 Å². The Kier molecular flexibility index (Phi) is 6.62. The molecular formula is C18H22O4S. The first kappa shape index (κ1) is 17.5. The second-order valence-electron chi connectivity index (χ2n) is 5.51. The molecule has 2 rings (SSSR count). The summed E-state index contributed by atoms with van der Waals surface area (Å²) in [7, 11) is -3.82. The van der Waals surface area contributed by atoms with Crippen molar-refractivity contribution >= 4 is 10.1 Å². The van der Waals surface area contributed by atoms with Gasteiger partial charge in [0.15, 0.2) is 0 Å². The highest BCUT2D eigenvalue weighted by Crippen LogP contribution is 2.16. The van der Waals surface area contributed by atoms with E-state index in [-0.39, 0.29) is 5.75 Å². The second kappa shape index (κ2) is 8.70. The van der Waals surface area contributed by atoms with Crippen LogP contribution in [-0.2, 0) is 23.1 Å².